The fourth-order valence-electron chi connectivity index (χ4n) is 1.26. The highest BCUT2D eigenvalue weighted by Crippen LogP contribution is 2.28. The Hall–Kier alpha value is -0.290. The third-order valence-corrected chi connectivity index (χ3v) is 3.79. The van der Waals surface area contributed by atoms with Crippen molar-refractivity contribution in [2.75, 3.05) is 0 Å². The van der Waals surface area contributed by atoms with Crippen LogP contribution in [0.4, 0.5) is 0 Å². The minimum atomic E-state index is -0.636. The van der Waals surface area contributed by atoms with Crippen LogP contribution in [-0.4, -0.2) is 5.11 Å². The van der Waals surface area contributed by atoms with Crippen molar-refractivity contribution in [1.82, 2.24) is 0 Å². The van der Waals surface area contributed by atoms with Crippen molar-refractivity contribution in [3.05, 3.63) is 43.9 Å². The average Bonchev–Trinajstić information content (AvgIpc) is 2.75. The second-order valence-electron chi connectivity index (χ2n) is 3.07. The molecule has 2 heterocycles. The molecule has 0 saturated heterocycles. The lowest BCUT2D eigenvalue weighted by atomic mass is 10.2. The van der Waals surface area contributed by atoms with Gasteiger partial charge < -0.3 is 9.52 Å². The summed E-state index contributed by atoms with van der Waals surface area (Å²) in [7, 11) is 0. The van der Waals surface area contributed by atoms with Gasteiger partial charge in [-0.15, -0.1) is 11.3 Å². The molecule has 1 N–H and O–H groups in total. The van der Waals surface area contributed by atoms with E-state index in [2.05, 4.69) is 15.9 Å². The fraction of sp³-hybridized carbons (Fsp3) is 0.200. The van der Waals surface area contributed by atoms with Crippen molar-refractivity contribution in [2.24, 2.45) is 0 Å². The first kappa shape index (κ1) is 11.2. The zero-order chi connectivity index (χ0) is 10.8. The van der Waals surface area contributed by atoms with Gasteiger partial charge in [0.1, 0.15) is 11.9 Å². The molecule has 2 rings (SSSR count). The SMILES string of the molecule is OC(Cc1ccc(Br)s1)c1ccc(Cl)o1. The molecule has 0 aliphatic rings. The van der Waals surface area contributed by atoms with Crippen LogP contribution >= 0.6 is 38.9 Å². The van der Waals surface area contributed by atoms with Crippen LogP contribution in [0.3, 0.4) is 0 Å². The van der Waals surface area contributed by atoms with Gasteiger partial charge in [-0.1, -0.05) is 0 Å². The number of hydrogen-bond donors (Lipinski definition) is 1. The van der Waals surface area contributed by atoms with Gasteiger partial charge in [-0.2, -0.15) is 0 Å². The van der Waals surface area contributed by atoms with E-state index in [4.69, 9.17) is 16.0 Å². The molecule has 15 heavy (non-hydrogen) atoms. The molecule has 2 aromatic heterocycles. The van der Waals surface area contributed by atoms with Crippen molar-refractivity contribution in [3.8, 4) is 0 Å². The first-order valence-electron chi connectivity index (χ1n) is 4.32. The van der Waals surface area contributed by atoms with E-state index in [9.17, 15) is 5.11 Å². The molecular weight excluding hydrogens is 300 g/mol. The third kappa shape index (κ3) is 2.84. The highest BCUT2D eigenvalue weighted by atomic mass is 79.9. The largest absolute Gasteiger partial charge is 0.447 e. The maximum absolute atomic E-state index is 9.84. The number of furan rings is 1. The maximum Gasteiger partial charge on any atom is 0.193 e. The quantitative estimate of drug-likeness (QED) is 0.928. The number of aliphatic hydroxyl groups excluding tert-OH is 1. The van der Waals surface area contributed by atoms with Gasteiger partial charge in [-0.05, 0) is 51.8 Å². The topological polar surface area (TPSA) is 33.4 Å². The lowest BCUT2D eigenvalue weighted by Gasteiger charge is -2.04. The van der Waals surface area contributed by atoms with Crippen LogP contribution in [0.25, 0.3) is 0 Å². The first-order valence-corrected chi connectivity index (χ1v) is 6.31. The molecule has 1 atom stereocenters. The molecule has 2 aromatic rings. The normalized spacial score (nSPS) is 13.0. The number of rotatable bonds is 3. The molecule has 0 fully saturated rings. The van der Waals surface area contributed by atoms with E-state index in [-0.39, 0.29) is 0 Å². The Morgan fingerprint density at radius 2 is 2.20 bits per heavy atom. The summed E-state index contributed by atoms with van der Waals surface area (Å²) in [5.74, 6) is 0.504. The van der Waals surface area contributed by atoms with Gasteiger partial charge in [0.15, 0.2) is 5.22 Å². The van der Waals surface area contributed by atoms with Crippen LogP contribution in [0.15, 0.2) is 32.5 Å². The zero-order valence-corrected chi connectivity index (χ0v) is 10.8. The Labute approximate surface area is 105 Å². The Bertz CT molecular complexity index is 452. The highest BCUT2D eigenvalue weighted by Gasteiger charge is 2.13. The van der Waals surface area contributed by atoms with E-state index in [1.165, 1.54) is 0 Å². The first-order chi connectivity index (χ1) is 7.15. The van der Waals surface area contributed by atoms with Gasteiger partial charge in [0.25, 0.3) is 0 Å². The lowest BCUT2D eigenvalue weighted by molar-refractivity contribution is 0.151. The second kappa shape index (κ2) is 4.70. The Balaban J connectivity index is 2.06. The van der Waals surface area contributed by atoms with Crippen molar-refractivity contribution < 1.29 is 9.52 Å². The van der Waals surface area contributed by atoms with Crippen LogP contribution < -0.4 is 0 Å². The third-order valence-electron chi connectivity index (χ3n) is 1.95. The number of thiophene rings is 1. The van der Waals surface area contributed by atoms with Crippen molar-refractivity contribution >= 4 is 38.9 Å². The summed E-state index contributed by atoms with van der Waals surface area (Å²) >= 11 is 10.6. The predicted molar refractivity (Wildman–Crippen MR) is 64.4 cm³/mol. The molecule has 80 valence electrons. The molecule has 2 nitrogen and oxygen atoms in total. The number of halogens is 2. The Kier molecular flexibility index (Phi) is 3.51. The standard InChI is InChI=1S/C10H8BrClO2S/c11-9-3-1-6(15-9)5-7(13)8-2-4-10(12)14-8/h1-4,7,13H,5H2. The van der Waals surface area contributed by atoms with Gasteiger partial charge >= 0.3 is 0 Å². The summed E-state index contributed by atoms with van der Waals surface area (Å²) in [6.45, 7) is 0. The zero-order valence-electron chi connectivity index (χ0n) is 7.61. The minimum Gasteiger partial charge on any atom is -0.447 e. The predicted octanol–water partition coefficient (Wildman–Crippen LogP) is 4.03. The Morgan fingerprint density at radius 3 is 2.73 bits per heavy atom. The monoisotopic (exact) mass is 306 g/mol. The summed E-state index contributed by atoms with van der Waals surface area (Å²) in [5.41, 5.74) is 0. The van der Waals surface area contributed by atoms with Crippen LogP contribution in [0.1, 0.15) is 16.7 Å². The van der Waals surface area contributed by atoms with E-state index in [0.29, 0.717) is 17.4 Å². The molecular formula is C10H8BrClO2S. The van der Waals surface area contributed by atoms with E-state index >= 15 is 0 Å². The van der Waals surface area contributed by atoms with Gasteiger partial charge in [-0.25, -0.2) is 0 Å². The summed E-state index contributed by atoms with van der Waals surface area (Å²) in [6, 6.07) is 7.25. The fourth-order valence-corrected chi connectivity index (χ4v) is 2.93. The van der Waals surface area contributed by atoms with Crippen LogP contribution in [0, 0.1) is 0 Å². The Morgan fingerprint density at radius 1 is 1.40 bits per heavy atom. The van der Waals surface area contributed by atoms with Gasteiger partial charge in [0, 0.05) is 11.3 Å². The molecule has 0 bridgehead atoms. The smallest absolute Gasteiger partial charge is 0.193 e. The summed E-state index contributed by atoms with van der Waals surface area (Å²) < 4.78 is 6.19. The molecule has 0 spiro atoms. The van der Waals surface area contributed by atoms with Crippen LogP contribution in [0.2, 0.25) is 5.22 Å². The molecule has 0 aliphatic carbocycles. The summed E-state index contributed by atoms with van der Waals surface area (Å²) in [6.07, 6.45) is -0.0943. The summed E-state index contributed by atoms with van der Waals surface area (Å²) in [5, 5.41) is 10.1. The number of hydrogen-bond acceptors (Lipinski definition) is 3. The van der Waals surface area contributed by atoms with Gasteiger partial charge in [0.2, 0.25) is 0 Å². The van der Waals surface area contributed by atoms with E-state index in [1.54, 1.807) is 23.5 Å². The minimum absolute atomic E-state index is 0.302. The molecule has 0 aromatic carbocycles. The summed E-state index contributed by atoms with van der Waals surface area (Å²) in [4.78, 5) is 1.10. The molecule has 1 unspecified atom stereocenters. The highest BCUT2D eigenvalue weighted by molar-refractivity contribution is 9.11. The second-order valence-corrected chi connectivity index (χ2v) is 5.99. The molecule has 0 aliphatic heterocycles. The molecule has 5 heteroatoms. The van der Waals surface area contributed by atoms with Crippen molar-refractivity contribution in [2.45, 2.75) is 12.5 Å². The molecule has 0 radical (unpaired) electrons. The van der Waals surface area contributed by atoms with Crippen molar-refractivity contribution in [1.29, 1.82) is 0 Å². The van der Waals surface area contributed by atoms with E-state index < -0.39 is 6.10 Å². The van der Waals surface area contributed by atoms with Crippen LogP contribution in [0.5, 0.6) is 0 Å². The molecule has 0 saturated carbocycles. The lowest BCUT2D eigenvalue weighted by Crippen LogP contribution is -1.98. The van der Waals surface area contributed by atoms with Crippen LogP contribution in [-0.2, 0) is 6.42 Å². The van der Waals surface area contributed by atoms with E-state index in [0.717, 1.165) is 8.66 Å². The van der Waals surface area contributed by atoms with Crippen molar-refractivity contribution in [3.63, 3.8) is 0 Å². The van der Waals surface area contributed by atoms with E-state index in [1.807, 2.05) is 12.1 Å². The average molecular weight is 308 g/mol. The van der Waals surface area contributed by atoms with Gasteiger partial charge in [-0.3, -0.25) is 0 Å². The maximum atomic E-state index is 9.84. The number of aliphatic hydroxyl groups is 1. The van der Waals surface area contributed by atoms with Gasteiger partial charge in [0.05, 0.1) is 3.79 Å². The molecule has 0 amide bonds.